The molecule has 19 heavy (non-hydrogen) atoms. The Kier molecular flexibility index (Phi) is 3.78. The zero-order valence-electron chi connectivity index (χ0n) is 9.41. The Labute approximate surface area is 117 Å². The van der Waals surface area contributed by atoms with Gasteiger partial charge in [0.1, 0.15) is 0 Å². The Morgan fingerprint density at radius 3 is 2.53 bits per heavy atom. The summed E-state index contributed by atoms with van der Waals surface area (Å²) >= 11 is 11.6. The molecule has 3 N–H and O–H groups in total. The van der Waals surface area contributed by atoms with E-state index in [1.165, 1.54) is 12.1 Å². The molecule has 98 valence electrons. The van der Waals surface area contributed by atoms with Gasteiger partial charge in [0.05, 0.1) is 15.6 Å². The fourth-order valence-corrected chi connectivity index (χ4v) is 1.73. The minimum Gasteiger partial charge on any atom is -0.494 e. The monoisotopic (exact) mass is 298 g/mol. The molecular weight excluding hydrogens is 291 g/mol. The topological polar surface area (TPSA) is 82.2 Å². The van der Waals surface area contributed by atoms with Gasteiger partial charge in [0.25, 0.3) is 11.5 Å². The molecule has 2 rings (SSSR count). The van der Waals surface area contributed by atoms with E-state index in [0.29, 0.717) is 15.7 Å². The summed E-state index contributed by atoms with van der Waals surface area (Å²) in [7, 11) is 0. The molecular formula is C12H8Cl2N2O3. The molecule has 1 aromatic heterocycles. The van der Waals surface area contributed by atoms with E-state index in [1.807, 2.05) is 0 Å². The highest BCUT2D eigenvalue weighted by molar-refractivity contribution is 6.42. The van der Waals surface area contributed by atoms with Gasteiger partial charge in [-0.05, 0) is 18.2 Å². The van der Waals surface area contributed by atoms with Crippen molar-refractivity contribution < 1.29 is 9.90 Å². The van der Waals surface area contributed by atoms with Gasteiger partial charge in [-0.3, -0.25) is 14.6 Å². The average Bonchev–Trinajstić information content (AvgIpc) is 2.32. The van der Waals surface area contributed by atoms with Crippen LogP contribution in [0.5, 0.6) is 5.88 Å². The number of hydrogen-bond donors (Lipinski definition) is 3. The second-order valence-corrected chi connectivity index (χ2v) is 4.52. The van der Waals surface area contributed by atoms with E-state index in [2.05, 4.69) is 10.3 Å². The molecule has 0 spiro atoms. The van der Waals surface area contributed by atoms with Crippen molar-refractivity contribution in [1.82, 2.24) is 4.98 Å². The van der Waals surface area contributed by atoms with Crippen LogP contribution in [0.25, 0.3) is 0 Å². The molecule has 1 amide bonds. The summed E-state index contributed by atoms with van der Waals surface area (Å²) in [6, 6.07) is 6.81. The van der Waals surface area contributed by atoms with Crippen molar-refractivity contribution >= 4 is 34.8 Å². The number of halogens is 2. The molecule has 2 aromatic rings. The van der Waals surface area contributed by atoms with Gasteiger partial charge in [-0.2, -0.15) is 0 Å². The van der Waals surface area contributed by atoms with Crippen molar-refractivity contribution in [3.63, 3.8) is 0 Å². The predicted octanol–water partition coefficient (Wildman–Crippen LogP) is 2.64. The summed E-state index contributed by atoms with van der Waals surface area (Å²) in [4.78, 5) is 25.1. The Hall–Kier alpha value is -1.98. The Balaban J connectivity index is 2.25. The van der Waals surface area contributed by atoms with E-state index in [9.17, 15) is 14.7 Å². The molecule has 1 aromatic carbocycles. The summed E-state index contributed by atoms with van der Waals surface area (Å²) in [5.74, 6) is -0.924. The third-order valence-corrected chi connectivity index (χ3v) is 3.01. The third kappa shape index (κ3) is 3.27. The normalized spacial score (nSPS) is 10.2. The van der Waals surface area contributed by atoms with Crippen LogP contribution in [0.4, 0.5) is 5.69 Å². The van der Waals surface area contributed by atoms with Crippen LogP contribution in [0.1, 0.15) is 10.4 Å². The zero-order chi connectivity index (χ0) is 14.0. The van der Waals surface area contributed by atoms with Crippen LogP contribution in [0.3, 0.4) is 0 Å². The molecule has 1 heterocycles. The molecule has 0 atom stereocenters. The number of pyridine rings is 1. The third-order valence-electron chi connectivity index (χ3n) is 2.27. The van der Waals surface area contributed by atoms with Crippen molar-refractivity contribution in [2.24, 2.45) is 0 Å². The van der Waals surface area contributed by atoms with E-state index >= 15 is 0 Å². The number of nitrogens with one attached hydrogen (secondary N) is 2. The Bertz CT molecular complexity index is 698. The molecule has 0 bridgehead atoms. The summed E-state index contributed by atoms with van der Waals surface area (Å²) in [5, 5.41) is 12.4. The Morgan fingerprint density at radius 1 is 1.16 bits per heavy atom. The number of carbonyl (C=O) groups excluding carboxylic acids is 1. The van der Waals surface area contributed by atoms with Crippen molar-refractivity contribution in [2.75, 3.05) is 5.32 Å². The molecule has 0 aliphatic carbocycles. The number of H-pyrrole nitrogens is 1. The maximum atomic E-state index is 11.9. The number of amides is 1. The van der Waals surface area contributed by atoms with Gasteiger partial charge < -0.3 is 10.4 Å². The first kappa shape index (κ1) is 13.5. The first-order valence-electron chi connectivity index (χ1n) is 5.15. The summed E-state index contributed by atoms with van der Waals surface area (Å²) in [6.07, 6.45) is 0. The highest BCUT2D eigenvalue weighted by Crippen LogP contribution is 2.25. The standard InChI is InChI=1S/C12H8Cl2N2O3/c13-8-2-1-7(5-9(8)14)15-12(19)6-3-10(17)16-11(18)4-6/h1-5H,(H,15,19)(H2,16,17,18). The number of carbonyl (C=O) groups is 1. The molecule has 0 unspecified atom stereocenters. The summed E-state index contributed by atoms with van der Waals surface area (Å²) in [6.45, 7) is 0. The molecule has 5 nitrogen and oxygen atoms in total. The zero-order valence-corrected chi connectivity index (χ0v) is 10.9. The SMILES string of the molecule is O=C(Nc1ccc(Cl)c(Cl)c1)c1cc(O)[nH]c(=O)c1. The lowest BCUT2D eigenvalue weighted by Gasteiger charge is -2.06. The Morgan fingerprint density at radius 2 is 1.89 bits per heavy atom. The molecule has 0 saturated heterocycles. The average molecular weight is 299 g/mol. The van der Waals surface area contributed by atoms with Crippen LogP contribution in [0.15, 0.2) is 35.1 Å². The summed E-state index contributed by atoms with van der Waals surface area (Å²) < 4.78 is 0. The number of rotatable bonds is 2. The molecule has 0 saturated carbocycles. The molecule has 0 aliphatic heterocycles. The van der Waals surface area contributed by atoms with Gasteiger partial charge >= 0.3 is 0 Å². The first-order valence-corrected chi connectivity index (χ1v) is 5.91. The summed E-state index contributed by atoms with van der Waals surface area (Å²) in [5.41, 5.74) is -0.106. The van der Waals surface area contributed by atoms with E-state index in [0.717, 1.165) is 12.1 Å². The lowest BCUT2D eigenvalue weighted by Crippen LogP contribution is -2.15. The van der Waals surface area contributed by atoms with Crippen LogP contribution in [0.2, 0.25) is 10.0 Å². The second kappa shape index (κ2) is 5.34. The number of anilines is 1. The van der Waals surface area contributed by atoms with Crippen LogP contribution < -0.4 is 10.9 Å². The van der Waals surface area contributed by atoms with Gasteiger partial charge in [-0.1, -0.05) is 23.2 Å². The minimum absolute atomic E-state index is 0.0346. The van der Waals surface area contributed by atoms with Crippen LogP contribution in [-0.2, 0) is 0 Å². The largest absolute Gasteiger partial charge is 0.494 e. The van der Waals surface area contributed by atoms with Gasteiger partial charge in [0.15, 0.2) is 5.88 Å². The number of hydrogen-bond acceptors (Lipinski definition) is 3. The van der Waals surface area contributed by atoms with Crippen LogP contribution >= 0.6 is 23.2 Å². The molecule has 7 heteroatoms. The van der Waals surface area contributed by atoms with E-state index in [4.69, 9.17) is 23.2 Å². The van der Waals surface area contributed by atoms with Crippen molar-refractivity contribution in [2.45, 2.75) is 0 Å². The van der Waals surface area contributed by atoms with E-state index < -0.39 is 11.5 Å². The molecule has 0 fully saturated rings. The van der Waals surface area contributed by atoms with Crippen LogP contribution in [-0.4, -0.2) is 16.0 Å². The fraction of sp³-hybridized carbons (Fsp3) is 0. The predicted molar refractivity (Wildman–Crippen MR) is 73.1 cm³/mol. The first-order chi connectivity index (χ1) is 8.95. The van der Waals surface area contributed by atoms with Crippen molar-refractivity contribution in [1.29, 1.82) is 0 Å². The van der Waals surface area contributed by atoms with Crippen molar-refractivity contribution in [3.8, 4) is 5.88 Å². The minimum atomic E-state index is -0.570. The lowest BCUT2D eigenvalue weighted by molar-refractivity contribution is 0.102. The maximum Gasteiger partial charge on any atom is 0.256 e. The highest BCUT2D eigenvalue weighted by Gasteiger charge is 2.09. The lowest BCUT2D eigenvalue weighted by atomic mass is 10.2. The maximum absolute atomic E-state index is 11.9. The number of aromatic amines is 1. The number of benzene rings is 1. The quantitative estimate of drug-likeness (QED) is 0.797. The second-order valence-electron chi connectivity index (χ2n) is 3.70. The van der Waals surface area contributed by atoms with Gasteiger partial charge in [0.2, 0.25) is 0 Å². The number of aromatic nitrogens is 1. The molecule has 0 radical (unpaired) electrons. The van der Waals surface area contributed by atoms with Crippen LogP contribution in [0, 0.1) is 0 Å². The van der Waals surface area contributed by atoms with Gasteiger partial charge in [0, 0.05) is 17.8 Å². The highest BCUT2D eigenvalue weighted by atomic mass is 35.5. The van der Waals surface area contributed by atoms with E-state index in [1.54, 1.807) is 6.07 Å². The van der Waals surface area contributed by atoms with Crippen molar-refractivity contribution in [3.05, 3.63) is 56.3 Å². The van der Waals surface area contributed by atoms with E-state index in [-0.39, 0.29) is 11.4 Å². The fourth-order valence-electron chi connectivity index (χ4n) is 1.44. The number of aromatic hydroxyl groups is 1. The smallest absolute Gasteiger partial charge is 0.256 e. The molecule has 0 aliphatic rings. The van der Waals surface area contributed by atoms with Gasteiger partial charge in [-0.15, -0.1) is 0 Å². The van der Waals surface area contributed by atoms with Gasteiger partial charge in [-0.25, -0.2) is 0 Å².